The van der Waals surface area contributed by atoms with Crippen molar-refractivity contribution in [2.75, 3.05) is 21.7 Å². The Hall–Kier alpha value is -3.60. The molecule has 5 nitrogen and oxygen atoms in total. The quantitative estimate of drug-likeness (QED) is 0.706. The summed E-state index contributed by atoms with van der Waals surface area (Å²) in [5.41, 5.74) is 3.41. The molecular formula is C25H23N3O2. The van der Waals surface area contributed by atoms with Crippen molar-refractivity contribution in [3.8, 4) is 0 Å². The minimum atomic E-state index is -1.31. The molecule has 2 heterocycles. The smallest absolute Gasteiger partial charge is 0.279 e. The molecule has 30 heavy (non-hydrogen) atoms. The number of hydrogen-bond donors (Lipinski definition) is 1. The number of carbonyl (C=O) groups is 2. The normalized spacial score (nSPS) is 19.7. The van der Waals surface area contributed by atoms with Crippen molar-refractivity contribution in [1.82, 2.24) is 0 Å². The van der Waals surface area contributed by atoms with Crippen LogP contribution in [-0.4, -0.2) is 18.4 Å². The van der Waals surface area contributed by atoms with E-state index in [1.54, 1.807) is 15.9 Å². The maximum Gasteiger partial charge on any atom is 0.279 e. The first-order chi connectivity index (χ1) is 14.6. The van der Waals surface area contributed by atoms with Gasteiger partial charge >= 0.3 is 0 Å². The number of amides is 2. The van der Waals surface area contributed by atoms with Crippen molar-refractivity contribution in [3.05, 3.63) is 89.5 Å². The number of rotatable bonds is 3. The van der Waals surface area contributed by atoms with Gasteiger partial charge < -0.3 is 10.2 Å². The Morgan fingerprint density at radius 3 is 2.30 bits per heavy atom. The number of benzene rings is 3. The fraction of sp³-hybridized carbons (Fsp3) is 0.200. The molecule has 1 atom stereocenters. The third-order valence-corrected chi connectivity index (χ3v) is 6.07. The molecule has 5 rings (SSSR count). The first kappa shape index (κ1) is 18.4. The van der Waals surface area contributed by atoms with Gasteiger partial charge in [0, 0.05) is 23.5 Å². The zero-order valence-corrected chi connectivity index (χ0v) is 17.1. The summed E-state index contributed by atoms with van der Waals surface area (Å²) in [5, 5.41) is 3.46. The number of aryl methyl sites for hydroxylation is 1. The van der Waals surface area contributed by atoms with E-state index in [-0.39, 0.29) is 11.8 Å². The summed E-state index contributed by atoms with van der Waals surface area (Å²) in [7, 11) is 0. The van der Waals surface area contributed by atoms with Crippen LogP contribution in [0, 0.1) is 0 Å². The van der Waals surface area contributed by atoms with Crippen LogP contribution in [0.4, 0.5) is 17.1 Å². The molecule has 0 saturated carbocycles. The van der Waals surface area contributed by atoms with E-state index < -0.39 is 5.66 Å². The molecule has 1 unspecified atom stereocenters. The number of likely N-dealkylation sites (N-methyl/N-ethyl adjacent to an activating group) is 1. The van der Waals surface area contributed by atoms with E-state index in [4.69, 9.17) is 0 Å². The summed E-state index contributed by atoms with van der Waals surface area (Å²) in [6.07, 6.45) is 0.909. The van der Waals surface area contributed by atoms with E-state index in [2.05, 4.69) is 12.2 Å². The van der Waals surface area contributed by atoms with Crippen molar-refractivity contribution in [1.29, 1.82) is 0 Å². The van der Waals surface area contributed by atoms with Crippen molar-refractivity contribution in [2.24, 2.45) is 0 Å². The van der Waals surface area contributed by atoms with E-state index in [0.717, 1.165) is 17.7 Å². The summed E-state index contributed by atoms with van der Waals surface area (Å²) >= 11 is 0. The second kappa shape index (κ2) is 6.73. The van der Waals surface area contributed by atoms with Gasteiger partial charge in [-0.1, -0.05) is 49.4 Å². The van der Waals surface area contributed by atoms with Gasteiger partial charge in [0.1, 0.15) is 0 Å². The van der Waals surface area contributed by atoms with Gasteiger partial charge in [0.15, 0.2) is 0 Å². The van der Waals surface area contributed by atoms with Gasteiger partial charge in [-0.2, -0.15) is 0 Å². The van der Waals surface area contributed by atoms with E-state index in [1.165, 1.54) is 5.56 Å². The van der Waals surface area contributed by atoms with Crippen LogP contribution in [0.25, 0.3) is 0 Å². The zero-order chi connectivity index (χ0) is 20.9. The summed E-state index contributed by atoms with van der Waals surface area (Å²) in [6, 6.07) is 23.0. The van der Waals surface area contributed by atoms with Gasteiger partial charge in [-0.3, -0.25) is 14.5 Å². The van der Waals surface area contributed by atoms with Crippen LogP contribution in [0.15, 0.2) is 72.8 Å². The van der Waals surface area contributed by atoms with Crippen molar-refractivity contribution >= 4 is 28.9 Å². The molecule has 0 bridgehead atoms. The molecular weight excluding hydrogens is 374 g/mol. The molecule has 1 N–H and O–H groups in total. The molecule has 3 aromatic carbocycles. The Kier molecular flexibility index (Phi) is 4.13. The lowest BCUT2D eigenvalue weighted by atomic mass is 9.92. The van der Waals surface area contributed by atoms with Crippen molar-refractivity contribution < 1.29 is 9.59 Å². The Labute approximate surface area is 175 Å². The Morgan fingerprint density at radius 1 is 0.867 bits per heavy atom. The molecule has 3 aromatic rings. The summed E-state index contributed by atoms with van der Waals surface area (Å²) in [4.78, 5) is 31.1. The Bertz CT molecular complexity index is 1160. The molecule has 0 saturated heterocycles. The number of fused-ring (bicyclic) bond motifs is 3. The average Bonchev–Trinajstić information content (AvgIpc) is 3.02. The molecule has 2 aliphatic heterocycles. The lowest BCUT2D eigenvalue weighted by molar-refractivity contribution is -0.122. The summed E-state index contributed by atoms with van der Waals surface area (Å²) in [5.74, 6) is -0.330. The molecule has 2 amide bonds. The van der Waals surface area contributed by atoms with E-state index in [0.29, 0.717) is 23.5 Å². The predicted octanol–water partition coefficient (Wildman–Crippen LogP) is 4.54. The number of para-hydroxylation sites is 2. The topological polar surface area (TPSA) is 52.7 Å². The van der Waals surface area contributed by atoms with E-state index >= 15 is 0 Å². The molecule has 150 valence electrons. The number of hydrogen-bond acceptors (Lipinski definition) is 3. The monoisotopic (exact) mass is 397 g/mol. The van der Waals surface area contributed by atoms with Gasteiger partial charge in [-0.25, -0.2) is 0 Å². The van der Waals surface area contributed by atoms with Crippen LogP contribution in [0.5, 0.6) is 0 Å². The highest BCUT2D eigenvalue weighted by molar-refractivity contribution is 6.22. The highest BCUT2D eigenvalue weighted by Crippen LogP contribution is 2.49. The second-order valence-electron chi connectivity index (χ2n) is 7.61. The summed E-state index contributed by atoms with van der Waals surface area (Å²) in [6.45, 7) is 4.57. The third kappa shape index (κ3) is 2.35. The molecule has 5 heteroatoms. The van der Waals surface area contributed by atoms with Crippen molar-refractivity contribution in [3.63, 3.8) is 0 Å². The average molecular weight is 397 g/mol. The van der Waals surface area contributed by atoms with Crippen LogP contribution in [0.2, 0.25) is 0 Å². The third-order valence-electron chi connectivity index (χ3n) is 6.07. The predicted molar refractivity (Wildman–Crippen MR) is 119 cm³/mol. The fourth-order valence-electron chi connectivity index (χ4n) is 4.58. The van der Waals surface area contributed by atoms with Crippen LogP contribution in [0.1, 0.15) is 35.3 Å². The Balaban J connectivity index is 1.80. The van der Waals surface area contributed by atoms with Crippen LogP contribution < -0.4 is 15.1 Å². The minimum absolute atomic E-state index is 0.145. The van der Waals surface area contributed by atoms with Gasteiger partial charge in [0.05, 0.1) is 11.3 Å². The largest absolute Gasteiger partial charge is 0.350 e. The lowest BCUT2D eigenvalue weighted by Gasteiger charge is -2.45. The summed E-state index contributed by atoms with van der Waals surface area (Å²) < 4.78 is 0. The first-order valence-corrected chi connectivity index (χ1v) is 10.3. The highest BCUT2D eigenvalue weighted by atomic mass is 16.2. The van der Waals surface area contributed by atoms with Crippen molar-refractivity contribution in [2.45, 2.75) is 25.9 Å². The van der Waals surface area contributed by atoms with Gasteiger partial charge in [0.25, 0.3) is 11.8 Å². The van der Waals surface area contributed by atoms with Gasteiger partial charge in [-0.15, -0.1) is 0 Å². The zero-order valence-electron chi connectivity index (χ0n) is 17.1. The first-order valence-electron chi connectivity index (χ1n) is 10.3. The van der Waals surface area contributed by atoms with Crippen LogP contribution in [0.3, 0.4) is 0 Å². The molecule has 0 aliphatic carbocycles. The SMILES string of the molecule is CCc1ccc(N2C(=O)c3ccccc3NC23C(=O)N(CC)c2ccccc23)cc1. The number of nitrogens with zero attached hydrogens (tertiary/aromatic N) is 2. The maximum atomic E-state index is 13.9. The standard InChI is InChI=1S/C25H23N3O2/c1-3-17-13-15-18(16-14-17)28-23(29)19-9-5-7-11-21(19)26-25(28)20-10-6-8-12-22(20)27(4-2)24(25)30/h5-16,26H,3-4H2,1-2H3. The lowest BCUT2D eigenvalue weighted by Crippen LogP contribution is -2.63. The maximum absolute atomic E-state index is 13.9. The Morgan fingerprint density at radius 2 is 1.57 bits per heavy atom. The van der Waals surface area contributed by atoms with E-state index in [9.17, 15) is 9.59 Å². The second-order valence-corrected chi connectivity index (χ2v) is 7.61. The molecule has 0 radical (unpaired) electrons. The molecule has 0 aromatic heterocycles. The molecule has 0 fully saturated rings. The van der Waals surface area contributed by atoms with Gasteiger partial charge in [-0.05, 0) is 49.2 Å². The molecule has 1 spiro atoms. The molecule has 2 aliphatic rings. The van der Waals surface area contributed by atoms with Crippen LogP contribution >= 0.6 is 0 Å². The number of nitrogens with one attached hydrogen (secondary N) is 1. The fourth-order valence-corrected chi connectivity index (χ4v) is 4.58. The number of carbonyl (C=O) groups excluding carboxylic acids is 2. The van der Waals surface area contributed by atoms with Gasteiger partial charge in [0.2, 0.25) is 5.66 Å². The van der Waals surface area contributed by atoms with Crippen LogP contribution in [-0.2, 0) is 16.9 Å². The highest BCUT2D eigenvalue weighted by Gasteiger charge is 2.59. The number of anilines is 3. The van der Waals surface area contributed by atoms with E-state index in [1.807, 2.05) is 73.7 Å². The minimum Gasteiger partial charge on any atom is -0.350 e.